The molecule has 0 aliphatic carbocycles. The average molecular weight is 335 g/mol. The van der Waals surface area contributed by atoms with E-state index in [1.54, 1.807) is 11.8 Å². The summed E-state index contributed by atoms with van der Waals surface area (Å²) in [6.07, 6.45) is 4.25. The van der Waals surface area contributed by atoms with Crippen molar-refractivity contribution in [3.63, 3.8) is 0 Å². The van der Waals surface area contributed by atoms with Crippen LogP contribution in [0.3, 0.4) is 0 Å². The smallest absolute Gasteiger partial charge is 0.178 e. The molecule has 0 atom stereocenters. The minimum atomic E-state index is -4.94. The molecule has 8 heteroatoms. The van der Waals surface area contributed by atoms with Crippen molar-refractivity contribution in [1.29, 1.82) is 0 Å². The van der Waals surface area contributed by atoms with Crippen molar-refractivity contribution in [3.05, 3.63) is 41.4 Å². The van der Waals surface area contributed by atoms with Crippen molar-refractivity contribution in [2.24, 2.45) is 0 Å². The summed E-state index contributed by atoms with van der Waals surface area (Å²) >= 11 is 1.77. The molecule has 0 aliphatic heterocycles. The first kappa shape index (κ1) is 19.9. The van der Waals surface area contributed by atoms with Gasteiger partial charge in [-0.15, -0.1) is 10.2 Å². The molecule has 1 aromatic rings. The third kappa shape index (κ3) is 15.1. The Morgan fingerprint density at radius 3 is 1.95 bits per heavy atom. The van der Waals surface area contributed by atoms with Crippen LogP contribution in [-0.4, -0.2) is 43.9 Å². The van der Waals surface area contributed by atoms with Crippen molar-refractivity contribution in [2.75, 3.05) is 28.2 Å². The second-order valence-electron chi connectivity index (χ2n) is 4.38. The maximum Gasteiger partial charge on any atom is 0.178 e. The highest BCUT2D eigenvalue weighted by molar-refractivity contribution is 8.03. The lowest BCUT2D eigenvalue weighted by molar-refractivity contribution is -2.00. The van der Waals surface area contributed by atoms with E-state index in [2.05, 4.69) is 46.2 Å². The normalized spacial score (nSPS) is 11.3. The summed E-state index contributed by atoms with van der Waals surface area (Å²) in [7, 11) is 3.20. The Hall–Kier alpha value is -1.09. The minimum Gasteiger partial charge on any atom is -0.382 e. The lowest BCUT2D eigenvalue weighted by atomic mass is 10.4. The van der Waals surface area contributed by atoms with E-state index in [1.807, 2.05) is 34.3 Å². The monoisotopic (exact) mass is 334 g/mol. The van der Waals surface area contributed by atoms with E-state index >= 15 is 0 Å². The summed E-state index contributed by atoms with van der Waals surface area (Å²) in [5.41, 5.74) is 0. The molecule has 118 valence electrons. The van der Waals surface area contributed by atoms with Gasteiger partial charge < -0.3 is 4.90 Å². The number of thioether (sulfide) groups is 1. The number of halogens is 1. The molecule has 21 heavy (non-hydrogen) atoms. The molecular weight excluding hydrogens is 316 g/mol. The molecule has 0 N–H and O–H groups in total. The Kier molecular flexibility index (Phi) is 9.27. The first-order chi connectivity index (χ1) is 9.58. The number of allylic oxidation sites excluding steroid dienone is 1. The zero-order valence-electron chi connectivity index (χ0n) is 12.4. The Labute approximate surface area is 131 Å². The second-order valence-corrected chi connectivity index (χ2v) is 6.28. The highest BCUT2D eigenvalue weighted by Gasteiger charge is 2.02. The SMILES string of the molecule is CN(C)C=C(C=[N+](C)C)Sc1ccccc1.[O-][Cl+3]([O-])([O-])[O-]. The van der Waals surface area contributed by atoms with Gasteiger partial charge in [-0.2, -0.15) is 0 Å². The van der Waals surface area contributed by atoms with E-state index < -0.39 is 10.2 Å². The van der Waals surface area contributed by atoms with Crippen LogP contribution in [0, 0.1) is 10.2 Å². The van der Waals surface area contributed by atoms with Gasteiger partial charge in [0.25, 0.3) is 0 Å². The van der Waals surface area contributed by atoms with Crippen LogP contribution in [0.2, 0.25) is 0 Å². The summed E-state index contributed by atoms with van der Waals surface area (Å²) in [6.45, 7) is 0. The van der Waals surface area contributed by atoms with Gasteiger partial charge in [0.1, 0.15) is 14.1 Å². The lowest BCUT2D eigenvalue weighted by Gasteiger charge is -2.17. The fourth-order valence-corrected chi connectivity index (χ4v) is 2.31. The van der Waals surface area contributed by atoms with E-state index in [9.17, 15) is 0 Å². The van der Waals surface area contributed by atoms with Gasteiger partial charge in [0.2, 0.25) is 0 Å². The first-order valence-corrected chi connectivity index (χ1v) is 7.87. The Bertz CT molecular complexity index is 463. The van der Waals surface area contributed by atoms with Gasteiger partial charge in [-0.1, -0.05) is 30.0 Å². The topological polar surface area (TPSA) is 98.5 Å². The van der Waals surface area contributed by atoms with Gasteiger partial charge in [0.15, 0.2) is 6.21 Å². The number of hydrogen-bond acceptors (Lipinski definition) is 6. The number of hydrogen-bond donors (Lipinski definition) is 0. The van der Waals surface area contributed by atoms with E-state index in [0.29, 0.717) is 0 Å². The van der Waals surface area contributed by atoms with Crippen molar-refractivity contribution in [3.8, 4) is 0 Å². The van der Waals surface area contributed by atoms with Crippen LogP contribution in [0.25, 0.3) is 0 Å². The molecule has 0 aliphatic rings. The Morgan fingerprint density at radius 1 is 1.10 bits per heavy atom. The zero-order valence-corrected chi connectivity index (χ0v) is 13.9. The van der Waals surface area contributed by atoms with Crippen LogP contribution >= 0.6 is 11.8 Å². The fourth-order valence-electron chi connectivity index (χ4n) is 1.22. The molecule has 0 amide bonds. The maximum absolute atomic E-state index is 8.49. The first-order valence-electron chi connectivity index (χ1n) is 5.82. The fraction of sp³-hybridized carbons (Fsp3) is 0.308. The summed E-state index contributed by atoms with van der Waals surface area (Å²) in [5, 5.41) is 0. The molecule has 0 bridgehead atoms. The molecule has 0 saturated heterocycles. The molecule has 6 nitrogen and oxygen atoms in total. The van der Waals surface area contributed by atoms with E-state index in [4.69, 9.17) is 18.6 Å². The van der Waals surface area contributed by atoms with Gasteiger partial charge in [-0.05, 0) is 12.1 Å². The van der Waals surface area contributed by atoms with Gasteiger partial charge in [-0.25, -0.2) is 23.2 Å². The van der Waals surface area contributed by atoms with E-state index in [1.165, 1.54) is 9.80 Å². The summed E-state index contributed by atoms with van der Waals surface area (Å²) < 4.78 is 36.0. The summed E-state index contributed by atoms with van der Waals surface area (Å²) in [5.74, 6) is 0. The van der Waals surface area contributed by atoms with Crippen molar-refractivity contribution >= 4 is 18.0 Å². The quantitative estimate of drug-likeness (QED) is 0.351. The van der Waals surface area contributed by atoms with Gasteiger partial charge in [-0.3, -0.25) is 0 Å². The van der Waals surface area contributed by atoms with Crippen LogP contribution in [0.1, 0.15) is 0 Å². The molecular formula is C13H19ClN2O4S. The van der Waals surface area contributed by atoms with Crippen molar-refractivity contribution in [1.82, 2.24) is 4.90 Å². The Balaban J connectivity index is 0.000000690. The van der Waals surface area contributed by atoms with Crippen molar-refractivity contribution < 1.29 is 33.5 Å². The zero-order chi connectivity index (χ0) is 16.5. The highest BCUT2D eigenvalue weighted by Crippen LogP contribution is 2.24. The van der Waals surface area contributed by atoms with Crippen LogP contribution in [0.15, 0.2) is 46.3 Å². The molecule has 0 radical (unpaired) electrons. The molecule has 0 aromatic heterocycles. The second kappa shape index (κ2) is 9.78. The molecule has 0 unspecified atom stereocenters. The predicted octanol–water partition coefficient (Wildman–Crippen LogP) is -2.23. The van der Waals surface area contributed by atoms with Crippen LogP contribution in [-0.2, 0) is 0 Å². The van der Waals surface area contributed by atoms with Gasteiger partial charge in [0.05, 0.1) is 4.91 Å². The summed E-state index contributed by atoms with van der Waals surface area (Å²) in [6, 6.07) is 10.4. The third-order valence-corrected chi connectivity index (χ3v) is 2.70. The molecule has 0 saturated carbocycles. The number of rotatable bonds is 4. The minimum absolute atomic E-state index is 1.22. The largest absolute Gasteiger partial charge is 0.382 e. The van der Waals surface area contributed by atoms with Crippen LogP contribution < -0.4 is 18.6 Å². The van der Waals surface area contributed by atoms with Crippen LogP contribution in [0.5, 0.6) is 0 Å². The molecule has 0 heterocycles. The highest BCUT2D eigenvalue weighted by atomic mass is 35.7. The lowest BCUT2D eigenvalue weighted by Crippen LogP contribution is -2.68. The van der Waals surface area contributed by atoms with Gasteiger partial charge >= 0.3 is 0 Å². The standard InChI is InChI=1S/C13H19N2S.ClHO4/c1-14(2)10-13(11-15(3)4)16-12-8-6-5-7-9-12;2-1(3,4)5/h5-11H,1-4H3;(H,2,3,4,5)/q+1;/p-1. The molecule has 1 rings (SSSR count). The van der Waals surface area contributed by atoms with Crippen molar-refractivity contribution in [2.45, 2.75) is 4.90 Å². The molecule has 0 fully saturated rings. The maximum atomic E-state index is 8.49. The van der Waals surface area contributed by atoms with E-state index in [-0.39, 0.29) is 0 Å². The predicted molar refractivity (Wildman–Crippen MR) is 72.2 cm³/mol. The number of nitrogens with zero attached hydrogens (tertiary/aromatic N) is 2. The van der Waals surface area contributed by atoms with Gasteiger partial charge in [0, 0.05) is 25.2 Å². The number of benzene rings is 1. The average Bonchev–Trinajstić information content (AvgIpc) is 2.25. The summed E-state index contributed by atoms with van der Waals surface area (Å²) in [4.78, 5) is 4.54. The Morgan fingerprint density at radius 2 is 1.57 bits per heavy atom. The van der Waals surface area contributed by atoms with E-state index in [0.717, 1.165) is 0 Å². The third-order valence-electron chi connectivity index (χ3n) is 1.75. The molecule has 0 spiro atoms. The van der Waals surface area contributed by atoms with Crippen LogP contribution in [0.4, 0.5) is 0 Å². The molecule has 1 aromatic carbocycles.